The van der Waals surface area contributed by atoms with E-state index in [2.05, 4.69) is 60.1 Å². The second-order valence-corrected chi connectivity index (χ2v) is 8.60. The van der Waals surface area contributed by atoms with E-state index >= 15 is 0 Å². The highest BCUT2D eigenvalue weighted by atomic mass is 31.2. The molecule has 0 fully saturated rings. The van der Waals surface area contributed by atoms with Gasteiger partial charge in [0.2, 0.25) is 0 Å². The van der Waals surface area contributed by atoms with Crippen LogP contribution in [0.25, 0.3) is 0 Å². The Bertz CT molecular complexity index is 231. The van der Waals surface area contributed by atoms with Crippen molar-refractivity contribution < 1.29 is 4.52 Å². The second kappa shape index (κ2) is 9.87. The van der Waals surface area contributed by atoms with Gasteiger partial charge in [-0.05, 0) is 45.7 Å². The zero-order valence-corrected chi connectivity index (χ0v) is 15.6. The van der Waals surface area contributed by atoms with Gasteiger partial charge in [0.1, 0.15) is 8.30 Å². The predicted molar refractivity (Wildman–Crippen MR) is 91.8 cm³/mol. The van der Waals surface area contributed by atoms with Gasteiger partial charge < -0.3 is 9.93 Å². The third-order valence-electron chi connectivity index (χ3n) is 3.39. The highest BCUT2D eigenvalue weighted by Crippen LogP contribution is 2.54. The van der Waals surface area contributed by atoms with Gasteiger partial charge in [0.15, 0.2) is 0 Å². The van der Waals surface area contributed by atoms with Gasteiger partial charge in [-0.25, -0.2) is 0 Å². The number of hydrogen-bond acceptors (Lipinski definition) is 3. The van der Waals surface area contributed by atoms with E-state index in [9.17, 15) is 0 Å². The van der Waals surface area contributed by atoms with Crippen LogP contribution >= 0.6 is 8.30 Å². The molecule has 0 bridgehead atoms. The average Bonchev–Trinajstić information content (AvgIpc) is 2.26. The molecule has 0 aliphatic heterocycles. The largest absolute Gasteiger partial charge is 0.343 e. The molecule has 1 atom stereocenters. The first kappa shape index (κ1) is 20.0. The fourth-order valence-electron chi connectivity index (χ4n) is 2.84. The molecule has 0 saturated heterocycles. The topological polar surface area (TPSA) is 36.3 Å². The Morgan fingerprint density at radius 3 is 1.70 bits per heavy atom. The maximum Gasteiger partial charge on any atom is 0.108 e. The lowest BCUT2D eigenvalue weighted by atomic mass is 10.00. The smallest absolute Gasteiger partial charge is 0.108 e. The summed E-state index contributed by atoms with van der Waals surface area (Å²) in [5, 5.41) is 7.19. The third-order valence-corrected chi connectivity index (χ3v) is 6.92. The lowest BCUT2D eigenvalue weighted by Gasteiger charge is -2.44. The molecule has 0 aliphatic carbocycles. The minimum atomic E-state index is -0.627. The molecule has 1 unspecified atom stereocenters. The maximum absolute atomic E-state index is 7.19. The van der Waals surface area contributed by atoms with Crippen molar-refractivity contribution in [3.8, 4) is 0 Å². The molecule has 0 radical (unpaired) electrons. The van der Waals surface area contributed by atoms with E-state index in [4.69, 9.17) is 9.93 Å². The molecule has 0 rings (SSSR count). The molecule has 20 heavy (non-hydrogen) atoms. The van der Waals surface area contributed by atoms with Crippen molar-refractivity contribution in [2.75, 3.05) is 6.61 Å². The molecule has 3 nitrogen and oxygen atoms in total. The predicted octanol–water partition coefficient (Wildman–Crippen LogP) is 5.15. The van der Waals surface area contributed by atoms with Crippen molar-refractivity contribution in [1.82, 2.24) is 4.67 Å². The molecule has 4 heteroatoms. The summed E-state index contributed by atoms with van der Waals surface area (Å²) >= 11 is 0. The molecule has 1 N–H and O–H groups in total. The Labute approximate surface area is 127 Å². The van der Waals surface area contributed by atoms with E-state index in [-0.39, 0.29) is 0 Å². The van der Waals surface area contributed by atoms with Gasteiger partial charge in [0, 0.05) is 24.2 Å². The number of nitrogens with zero attached hydrogens (tertiary/aromatic N) is 1. The van der Waals surface area contributed by atoms with Gasteiger partial charge in [-0.1, -0.05) is 27.7 Å². The lowest BCUT2D eigenvalue weighted by molar-refractivity contribution is 0.241. The van der Waals surface area contributed by atoms with E-state index in [0.717, 1.165) is 0 Å². The quantitative estimate of drug-likeness (QED) is 0.344. The van der Waals surface area contributed by atoms with E-state index in [0.29, 0.717) is 42.6 Å². The Morgan fingerprint density at radius 1 is 0.950 bits per heavy atom. The third kappa shape index (κ3) is 6.20. The fourth-order valence-corrected chi connectivity index (χ4v) is 5.68. The molecule has 0 aromatic carbocycles. The van der Waals surface area contributed by atoms with Gasteiger partial charge in [-0.2, -0.15) is 0 Å². The van der Waals surface area contributed by atoms with Crippen LogP contribution in [-0.2, 0) is 4.52 Å². The van der Waals surface area contributed by atoms with Crippen LogP contribution in [0.3, 0.4) is 0 Å². The molecule has 0 aliphatic rings. The first-order valence-electron chi connectivity index (χ1n) is 7.93. The number of nitrogens with one attached hydrogen (secondary N) is 1. The average molecular weight is 302 g/mol. The van der Waals surface area contributed by atoms with Crippen molar-refractivity contribution in [2.45, 2.75) is 79.6 Å². The zero-order valence-electron chi connectivity index (χ0n) is 14.7. The Hall–Kier alpha value is 0.0200. The monoisotopic (exact) mass is 302 g/mol. The van der Waals surface area contributed by atoms with Gasteiger partial charge in [-0.3, -0.25) is 4.67 Å². The van der Waals surface area contributed by atoms with Crippen LogP contribution in [0.15, 0.2) is 0 Å². The van der Waals surface area contributed by atoms with Crippen LogP contribution < -0.4 is 0 Å². The summed E-state index contributed by atoms with van der Waals surface area (Å²) in [6, 6.07) is 0.974. The van der Waals surface area contributed by atoms with Gasteiger partial charge >= 0.3 is 0 Å². The van der Waals surface area contributed by atoms with E-state index in [1.54, 1.807) is 0 Å². The summed E-state index contributed by atoms with van der Waals surface area (Å²) in [6.07, 6.45) is 2.16. The summed E-state index contributed by atoms with van der Waals surface area (Å²) in [4.78, 5) is 0. The molecule has 0 heterocycles. The molecular weight excluding hydrogens is 267 g/mol. The molecular formula is C16H35N2OP. The molecule has 120 valence electrons. The number of hydrogen-bond donors (Lipinski definition) is 1. The van der Waals surface area contributed by atoms with Crippen molar-refractivity contribution in [3.05, 3.63) is 0 Å². The van der Waals surface area contributed by atoms with Crippen molar-refractivity contribution >= 4 is 14.5 Å². The van der Waals surface area contributed by atoms with E-state index in [1.165, 1.54) is 6.21 Å². The second-order valence-electron chi connectivity index (χ2n) is 6.67. The minimum absolute atomic E-state index is 0.487. The molecule has 0 amide bonds. The Balaban J connectivity index is 5.24. The van der Waals surface area contributed by atoms with Gasteiger partial charge in [0.25, 0.3) is 0 Å². The van der Waals surface area contributed by atoms with Crippen molar-refractivity contribution in [3.63, 3.8) is 0 Å². The molecule has 0 aromatic heterocycles. The highest BCUT2D eigenvalue weighted by molar-refractivity contribution is 7.50. The lowest BCUT2D eigenvalue weighted by Crippen LogP contribution is -2.38. The van der Waals surface area contributed by atoms with Crippen LogP contribution in [-0.4, -0.2) is 35.2 Å². The SMILES string of the molecule is CC(C)C(C(C)C)P(OCCC=N)N(C(C)C)C(C)C. The first-order valence-corrected chi connectivity index (χ1v) is 9.21. The first-order chi connectivity index (χ1) is 9.23. The zero-order chi connectivity index (χ0) is 15.9. The summed E-state index contributed by atoms with van der Waals surface area (Å²) in [7, 11) is -0.627. The van der Waals surface area contributed by atoms with Crippen molar-refractivity contribution in [1.29, 1.82) is 5.41 Å². The Morgan fingerprint density at radius 2 is 1.40 bits per heavy atom. The van der Waals surface area contributed by atoms with E-state index < -0.39 is 8.30 Å². The van der Waals surface area contributed by atoms with Crippen molar-refractivity contribution in [2.24, 2.45) is 11.8 Å². The Kier molecular flexibility index (Phi) is 9.88. The summed E-state index contributed by atoms with van der Waals surface area (Å²) in [6.45, 7) is 18.9. The molecule has 0 aromatic rings. The summed E-state index contributed by atoms with van der Waals surface area (Å²) in [5.41, 5.74) is 0.570. The van der Waals surface area contributed by atoms with Crippen LogP contribution in [0, 0.1) is 17.2 Å². The number of rotatable bonds is 10. The molecule has 0 spiro atoms. The van der Waals surface area contributed by atoms with Crippen LogP contribution in [0.2, 0.25) is 0 Å². The van der Waals surface area contributed by atoms with Crippen LogP contribution in [0.1, 0.15) is 61.8 Å². The standard InChI is InChI=1S/C16H35N2OP/c1-12(2)16(13(3)4)20(19-11-9-10-17)18(14(5)6)15(7)8/h10,12-17H,9,11H2,1-8H3. The normalized spacial score (nSPS) is 14.3. The summed E-state index contributed by atoms with van der Waals surface area (Å²) in [5.74, 6) is 1.22. The minimum Gasteiger partial charge on any atom is -0.343 e. The van der Waals surface area contributed by atoms with Crippen LogP contribution in [0.4, 0.5) is 0 Å². The summed E-state index contributed by atoms with van der Waals surface area (Å²) < 4.78 is 8.84. The van der Waals surface area contributed by atoms with Gasteiger partial charge in [0.05, 0.1) is 6.61 Å². The van der Waals surface area contributed by atoms with Gasteiger partial charge in [-0.15, -0.1) is 0 Å². The van der Waals surface area contributed by atoms with Crippen LogP contribution in [0.5, 0.6) is 0 Å². The maximum atomic E-state index is 7.19. The fraction of sp³-hybridized carbons (Fsp3) is 0.938. The molecule has 0 saturated carbocycles. The van der Waals surface area contributed by atoms with E-state index in [1.807, 2.05) is 0 Å². The highest BCUT2D eigenvalue weighted by Gasteiger charge is 2.35.